The van der Waals surface area contributed by atoms with E-state index in [-0.39, 0.29) is 50.2 Å². The monoisotopic (exact) mass is 583 g/mol. The van der Waals surface area contributed by atoms with E-state index < -0.39 is 47.0 Å². The molecule has 2 heterocycles. The fraction of sp³-hybridized carbons (Fsp3) is 0.323. The molecule has 2 aliphatic rings. The van der Waals surface area contributed by atoms with Crippen LogP contribution in [0, 0.1) is 12.7 Å². The highest BCUT2D eigenvalue weighted by molar-refractivity contribution is 5.99. The topological polar surface area (TPSA) is 79.0 Å². The second kappa shape index (κ2) is 11.6. The summed E-state index contributed by atoms with van der Waals surface area (Å²) in [4.78, 5) is 43.2. The standard InChI is InChI=1S/C31H29F4N3O4/c1-20-6-4-8-22(16-20)28(40)38-26(27(39)36-18-21-7-5-9-23(17-21)31(33,34)35)19-42-30(38)12-14-37(15-13-30)29(41)24-10-2-3-11-25(24)32/h2-11,16-17,26H,12-15,18-19H2,1H3,(H,36,39). The molecule has 0 aromatic heterocycles. The molecule has 1 spiro atoms. The molecule has 0 aliphatic carbocycles. The van der Waals surface area contributed by atoms with Gasteiger partial charge in [-0.05, 0) is 48.9 Å². The number of nitrogens with zero attached hydrogens (tertiary/aromatic N) is 2. The van der Waals surface area contributed by atoms with Crippen LogP contribution in [-0.4, -0.2) is 59.0 Å². The summed E-state index contributed by atoms with van der Waals surface area (Å²) in [7, 11) is 0. The highest BCUT2D eigenvalue weighted by Crippen LogP contribution is 2.39. The van der Waals surface area contributed by atoms with Crippen LogP contribution in [0.15, 0.2) is 72.8 Å². The van der Waals surface area contributed by atoms with Crippen LogP contribution in [0.4, 0.5) is 17.6 Å². The molecule has 1 atom stereocenters. The van der Waals surface area contributed by atoms with Crippen molar-refractivity contribution in [3.8, 4) is 0 Å². The zero-order valence-corrected chi connectivity index (χ0v) is 22.8. The van der Waals surface area contributed by atoms with Crippen molar-refractivity contribution in [1.82, 2.24) is 15.1 Å². The first-order chi connectivity index (χ1) is 20.0. The van der Waals surface area contributed by atoms with Gasteiger partial charge in [-0.3, -0.25) is 19.3 Å². The van der Waals surface area contributed by atoms with E-state index in [1.165, 1.54) is 40.1 Å². The van der Waals surface area contributed by atoms with Crippen molar-refractivity contribution in [3.63, 3.8) is 0 Å². The van der Waals surface area contributed by atoms with E-state index in [0.29, 0.717) is 5.56 Å². The fourth-order valence-corrected chi connectivity index (χ4v) is 5.51. The van der Waals surface area contributed by atoms with Gasteiger partial charge in [0.2, 0.25) is 5.91 Å². The quantitative estimate of drug-likeness (QED) is 0.432. The summed E-state index contributed by atoms with van der Waals surface area (Å²) in [5.41, 5.74) is -0.648. The van der Waals surface area contributed by atoms with E-state index >= 15 is 0 Å². The molecule has 2 fully saturated rings. The van der Waals surface area contributed by atoms with Crippen LogP contribution >= 0.6 is 0 Å². The average Bonchev–Trinajstić information content (AvgIpc) is 3.34. The molecule has 1 unspecified atom stereocenters. The summed E-state index contributed by atoms with van der Waals surface area (Å²) in [6.07, 6.45) is -4.16. The average molecular weight is 584 g/mol. The molecule has 3 aromatic rings. The Hall–Kier alpha value is -4.25. The van der Waals surface area contributed by atoms with E-state index in [4.69, 9.17) is 4.74 Å². The Bertz CT molecular complexity index is 1500. The summed E-state index contributed by atoms with van der Waals surface area (Å²) in [5, 5.41) is 2.66. The number of nitrogens with one attached hydrogen (secondary N) is 1. The molecule has 5 rings (SSSR count). The lowest BCUT2D eigenvalue weighted by molar-refractivity contribution is -0.137. The molecule has 1 N–H and O–H groups in total. The number of rotatable bonds is 5. The molecule has 2 aliphatic heterocycles. The Balaban J connectivity index is 1.36. The number of hydrogen-bond donors (Lipinski definition) is 1. The molecule has 2 saturated heterocycles. The molecular formula is C31H29F4N3O4. The number of amides is 3. The first-order valence-corrected chi connectivity index (χ1v) is 13.5. The molecule has 42 heavy (non-hydrogen) atoms. The minimum absolute atomic E-state index is 0.0552. The van der Waals surface area contributed by atoms with Gasteiger partial charge in [-0.25, -0.2) is 4.39 Å². The second-order valence-corrected chi connectivity index (χ2v) is 10.5. The minimum atomic E-state index is -4.52. The van der Waals surface area contributed by atoms with Gasteiger partial charge < -0.3 is 15.0 Å². The third-order valence-electron chi connectivity index (χ3n) is 7.70. The largest absolute Gasteiger partial charge is 0.416 e. The van der Waals surface area contributed by atoms with E-state index in [1.54, 1.807) is 24.3 Å². The van der Waals surface area contributed by atoms with Gasteiger partial charge in [0.15, 0.2) is 0 Å². The Kier molecular flexibility index (Phi) is 8.05. The maximum absolute atomic E-state index is 14.3. The number of carbonyl (C=O) groups is 3. The predicted octanol–water partition coefficient (Wildman–Crippen LogP) is 4.94. The summed E-state index contributed by atoms with van der Waals surface area (Å²) >= 11 is 0. The number of benzene rings is 3. The zero-order chi connectivity index (χ0) is 30.1. The predicted molar refractivity (Wildman–Crippen MR) is 145 cm³/mol. The third kappa shape index (κ3) is 5.87. The Morgan fingerprint density at radius 2 is 1.67 bits per heavy atom. The van der Waals surface area contributed by atoms with Crippen LogP contribution in [0.1, 0.15) is 50.2 Å². The highest BCUT2D eigenvalue weighted by atomic mass is 19.4. The number of halogens is 4. The smallest absolute Gasteiger partial charge is 0.353 e. The normalized spacial score (nSPS) is 18.3. The van der Waals surface area contributed by atoms with Crippen LogP contribution in [0.5, 0.6) is 0 Å². The second-order valence-electron chi connectivity index (χ2n) is 10.5. The number of carbonyl (C=O) groups excluding carboxylic acids is 3. The molecule has 0 saturated carbocycles. The lowest BCUT2D eigenvalue weighted by Crippen LogP contribution is -2.59. The van der Waals surface area contributed by atoms with E-state index in [0.717, 1.165) is 17.7 Å². The van der Waals surface area contributed by atoms with Gasteiger partial charge in [0, 0.05) is 38.0 Å². The Morgan fingerprint density at radius 3 is 2.36 bits per heavy atom. The molecule has 0 radical (unpaired) electrons. The lowest BCUT2D eigenvalue weighted by Gasteiger charge is -2.44. The van der Waals surface area contributed by atoms with E-state index in [2.05, 4.69) is 5.32 Å². The third-order valence-corrected chi connectivity index (χ3v) is 7.70. The summed E-state index contributed by atoms with van der Waals surface area (Å²) < 4.78 is 59.9. The Labute approximate surface area is 240 Å². The number of ether oxygens (including phenoxy) is 1. The number of aryl methyl sites for hydroxylation is 1. The van der Waals surface area contributed by atoms with Crippen molar-refractivity contribution < 1.29 is 36.7 Å². The van der Waals surface area contributed by atoms with Crippen LogP contribution in [-0.2, 0) is 22.3 Å². The van der Waals surface area contributed by atoms with Crippen molar-refractivity contribution in [3.05, 3.63) is 106 Å². The zero-order valence-electron chi connectivity index (χ0n) is 22.8. The molecule has 3 aromatic carbocycles. The van der Waals surface area contributed by atoms with Crippen LogP contribution < -0.4 is 5.32 Å². The van der Waals surface area contributed by atoms with Crippen molar-refractivity contribution >= 4 is 17.7 Å². The van der Waals surface area contributed by atoms with Gasteiger partial charge in [-0.2, -0.15) is 13.2 Å². The first kappa shape index (κ1) is 29.2. The number of hydrogen-bond acceptors (Lipinski definition) is 4. The van der Waals surface area contributed by atoms with Gasteiger partial charge >= 0.3 is 6.18 Å². The summed E-state index contributed by atoms with van der Waals surface area (Å²) in [5.74, 6) is -2.12. The summed E-state index contributed by atoms with van der Waals surface area (Å²) in [6, 6.07) is 16.2. The lowest BCUT2D eigenvalue weighted by atomic mass is 9.95. The van der Waals surface area contributed by atoms with Gasteiger partial charge in [0.1, 0.15) is 17.6 Å². The maximum atomic E-state index is 14.3. The molecule has 11 heteroatoms. The van der Waals surface area contributed by atoms with Crippen molar-refractivity contribution in [1.29, 1.82) is 0 Å². The van der Waals surface area contributed by atoms with E-state index in [1.807, 2.05) is 13.0 Å². The summed E-state index contributed by atoms with van der Waals surface area (Å²) in [6.45, 7) is 1.84. The molecule has 3 amide bonds. The SMILES string of the molecule is Cc1cccc(C(=O)N2C(C(=O)NCc3cccc(C(F)(F)F)c3)COC23CCN(C(=O)c2ccccc2F)CC3)c1. The maximum Gasteiger partial charge on any atom is 0.416 e. The van der Waals surface area contributed by atoms with E-state index in [9.17, 15) is 31.9 Å². The van der Waals surface area contributed by atoms with Gasteiger partial charge in [0.05, 0.1) is 17.7 Å². The molecular weight excluding hydrogens is 554 g/mol. The van der Waals surface area contributed by atoms with Crippen molar-refractivity contribution in [2.24, 2.45) is 0 Å². The number of alkyl halides is 3. The van der Waals surface area contributed by atoms with Gasteiger partial charge in [-0.1, -0.05) is 42.0 Å². The van der Waals surface area contributed by atoms with Gasteiger partial charge in [0.25, 0.3) is 11.8 Å². The number of piperidine rings is 1. The minimum Gasteiger partial charge on any atom is -0.353 e. The molecule has 220 valence electrons. The fourth-order valence-electron chi connectivity index (χ4n) is 5.51. The molecule has 7 nitrogen and oxygen atoms in total. The molecule has 0 bridgehead atoms. The Morgan fingerprint density at radius 1 is 0.952 bits per heavy atom. The van der Waals surface area contributed by atoms with Crippen molar-refractivity contribution in [2.75, 3.05) is 19.7 Å². The van der Waals surface area contributed by atoms with Crippen LogP contribution in [0.25, 0.3) is 0 Å². The van der Waals surface area contributed by atoms with Crippen LogP contribution in [0.3, 0.4) is 0 Å². The number of likely N-dealkylation sites (tertiary alicyclic amines) is 1. The van der Waals surface area contributed by atoms with Gasteiger partial charge in [-0.15, -0.1) is 0 Å². The van der Waals surface area contributed by atoms with Crippen molar-refractivity contribution in [2.45, 2.75) is 44.3 Å². The highest BCUT2D eigenvalue weighted by Gasteiger charge is 2.54. The first-order valence-electron chi connectivity index (χ1n) is 13.5. The van der Waals surface area contributed by atoms with Crippen LogP contribution in [0.2, 0.25) is 0 Å².